The van der Waals surface area contributed by atoms with E-state index in [9.17, 15) is 28.8 Å². The molecule has 1 fully saturated rings. The molecule has 0 spiro atoms. The third-order valence-electron chi connectivity index (χ3n) is 9.05. The molecule has 1 aliphatic rings. The average molecular weight is 842 g/mol. The molecular weight excluding hydrogens is 778 g/mol. The first-order valence-electron chi connectivity index (χ1n) is 19.5. The molecule has 0 aromatic rings. The molecule has 0 aromatic heterocycles. The Morgan fingerprint density at radius 1 is 0.525 bits per heavy atom. The van der Waals surface area contributed by atoms with E-state index in [4.69, 9.17) is 52.1 Å². The standard InChI is InChI=1S/C41H63NO17/c1-7-34(43)54-27-40(11-5,28-55-35(44)8-2)31-58-38(47)13-15-42(25-33-26-52-22-21-50-18-17-49-19-20-51-23-24-53-33)16-14-39(48)59-32-41(12-6,29-56-36(45)9-3)30-57-37(46)10-4/h7-10,33H,1-4,11-32H2,5-6H3. The molecule has 0 amide bonds. The number of rotatable bonds is 26. The van der Waals surface area contributed by atoms with Crippen molar-refractivity contribution in [3.63, 3.8) is 0 Å². The molecule has 0 aromatic carbocycles. The van der Waals surface area contributed by atoms with E-state index < -0.39 is 52.7 Å². The van der Waals surface area contributed by atoms with Crippen LogP contribution in [0.1, 0.15) is 39.5 Å². The van der Waals surface area contributed by atoms with Gasteiger partial charge in [0.2, 0.25) is 0 Å². The van der Waals surface area contributed by atoms with Gasteiger partial charge in [-0.15, -0.1) is 0 Å². The van der Waals surface area contributed by atoms with E-state index in [2.05, 4.69) is 26.3 Å². The zero-order valence-electron chi connectivity index (χ0n) is 34.7. The van der Waals surface area contributed by atoms with Crippen LogP contribution in [0.4, 0.5) is 0 Å². The van der Waals surface area contributed by atoms with Gasteiger partial charge >= 0.3 is 35.8 Å². The van der Waals surface area contributed by atoms with Crippen molar-refractivity contribution in [1.29, 1.82) is 0 Å². The molecule has 0 saturated carbocycles. The summed E-state index contributed by atoms with van der Waals surface area (Å²) >= 11 is 0. The lowest BCUT2D eigenvalue weighted by Gasteiger charge is -2.31. The van der Waals surface area contributed by atoms with Gasteiger partial charge in [-0.2, -0.15) is 0 Å². The first-order valence-corrected chi connectivity index (χ1v) is 19.5. The maximum Gasteiger partial charge on any atom is 0.330 e. The topological polar surface area (TPSA) is 207 Å². The number of carbonyl (C=O) groups is 6. The monoisotopic (exact) mass is 841 g/mol. The van der Waals surface area contributed by atoms with Crippen molar-refractivity contribution in [2.75, 3.05) is 119 Å². The minimum atomic E-state index is -1.05. The van der Waals surface area contributed by atoms with Gasteiger partial charge in [0.15, 0.2) is 0 Å². The van der Waals surface area contributed by atoms with E-state index in [1.807, 2.05) is 4.90 Å². The van der Waals surface area contributed by atoms with Gasteiger partial charge in [-0.25, -0.2) is 19.2 Å². The van der Waals surface area contributed by atoms with Crippen molar-refractivity contribution in [3.05, 3.63) is 50.6 Å². The van der Waals surface area contributed by atoms with Crippen LogP contribution in [0.15, 0.2) is 50.6 Å². The summed E-state index contributed by atoms with van der Waals surface area (Å²) in [7, 11) is 0. The van der Waals surface area contributed by atoms with Crippen molar-refractivity contribution in [2.45, 2.75) is 45.6 Å². The largest absolute Gasteiger partial charge is 0.465 e. The van der Waals surface area contributed by atoms with Crippen molar-refractivity contribution in [3.8, 4) is 0 Å². The molecule has 1 rings (SSSR count). The van der Waals surface area contributed by atoms with Crippen LogP contribution in [0.25, 0.3) is 0 Å². The highest BCUT2D eigenvalue weighted by atomic mass is 16.6. The van der Waals surface area contributed by atoms with E-state index in [1.165, 1.54) is 0 Å². The number of hydrogen-bond acceptors (Lipinski definition) is 18. The fourth-order valence-electron chi connectivity index (χ4n) is 4.99. The van der Waals surface area contributed by atoms with Crippen LogP contribution in [-0.2, 0) is 80.9 Å². The van der Waals surface area contributed by atoms with Crippen LogP contribution in [0.2, 0.25) is 0 Å². The van der Waals surface area contributed by atoms with Crippen LogP contribution in [-0.4, -0.2) is 166 Å². The fraction of sp³-hybridized carbons (Fsp3) is 0.659. The third-order valence-corrected chi connectivity index (χ3v) is 9.05. The van der Waals surface area contributed by atoms with Gasteiger partial charge in [0.1, 0.15) is 39.6 Å². The Labute approximate surface area is 347 Å². The van der Waals surface area contributed by atoms with Gasteiger partial charge in [0, 0.05) is 43.9 Å². The van der Waals surface area contributed by atoms with E-state index in [1.54, 1.807) is 13.8 Å². The second-order valence-corrected chi connectivity index (χ2v) is 13.5. The average Bonchev–Trinajstić information content (AvgIpc) is 3.27. The van der Waals surface area contributed by atoms with Gasteiger partial charge in [-0.05, 0) is 12.8 Å². The lowest BCUT2D eigenvalue weighted by atomic mass is 9.88. The Bertz CT molecular complexity index is 1190. The summed E-state index contributed by atoms with van der Waals surface area (Å²) < 4.78 is 60.8. The summed E-state index contributed by atoms with van der Waals surface area (Å²) in [6.45, 7) is 19.2. The van der Waals surface area contributed by atoms with E-state index in [0.717, 1.165) is 24.3 Å². The predicted octanol–water partition coefficient (Wildman–Crippen LogP) is 2.33. The number of esters is 6. The summed E-state index contributed by atoms with van der Waals surface area (Å²) in [4.78, 5) is 75.7. The van der Waals surface area contributed by atoms with Crippen molar-refractivity contribution in [1.82, 2.24) is 4.90 Å². The van der Waals surface area contributed by atoms with Crippen LogP contribution < -0.4 is 0 Å². The fourth-order valence-corrected chi connectivity index (χ4v) is 4.99. The van der Waals surface area contributed by atoms with Gasteiger partial charge in [-0.3, -0.25) is 14.5 Å². The molecule has 0 radical (unpaired) electrons. The van der Waals surface area contributed by atoms with E-state index >= 15 is 0 Å². The minimum absolute atomic E-state index is 0.118. The van der Waals surface area contributed by atoms with Crippen LogP contribution in [0.5, 0.6) is 0 Å². The maximum atomic E-state index is 13.2. The lowest BCUT2D eigenvalue weighted by molar-refractivity contribution is -0.160. The van der Waals surface area contributed by atoms with E-state index in [0.29, 0.717) is 59.1 Å². The molecule has 1 heterocycles. The zero-order valence-corrected chi connectivity index (χ0v) is 34.7. The van der Waals surface area contributed by atoms with Crippen molar-refractivity contribution < 1.29 is 80.9 Å². The van der Waals surface area contributed by atoms with Crippen LogP contribution in [0, 0.1) is 10.8 Å². The van der Waals surface area contributed by atoms with Gasteiger partial charge in [0.25, 0.3) is 0 Å². The molecule has 0 bridgehead atoms. The summed E-state index contributed by atoms with van der Waals surface area (Å²) in [6.07, 6.45) is 3.84. The Morgan fingerprint density at radius 2 is 0.847 bits per heavy atom. The molecule has 1 unspecified atom stereocenters. The molecule has 0 aliphatic carbocycles. The number of carbonyl (C=O) groups excluding carboxylic acids is 6. The zero-order chi connectivity index (χ0) is 43.8. The smallest absolute Gasteiger partial charge is 0.330 e. The third kappa shape index (κ3) is 24.3. The Balaban J connectivity index is 3.14. The molecule has 18 heteroatoms. The number of nitrogens with zero attached hydrogens (tertiary/aromatic N) is 1. The molecule has 0 N–H and O–H groups in total. The summed E-state index contributed by atoms with van der Waals surface area (Å²) in [5, 5.41) is 0. The molecule has 1 saturated heterocycles. The molecule has 59 heavy (non-hydrogen) atoms. The van der Waals surface area contributed by atoms with Crippen molar-refractivity contribution >= 4 is 35.8 Å². The SMILES string of the molecule is C=CC(=O)OCC(CC)(COC(=O)C=C)COC(=O)CCN(CCC(=O)OCC(CC)(COC(=O)C=C)COC(=O)C=C)CC1COCCOCCOCCOCCO1. The molecule has 18 nitrogen and oxygen atoms in total. The second kappa shape index (κ2) is 31.5. The van der Waals surface area contributed by atoms with Gasteiger partial charge in [-0.1, -0.05) is 40.2 Å². The van der Waals surface area contributed by atoms with E-state index in [-0.39, 0.29) is 85.3 Å². The van der Waals surface area contributed by atoms with Crippen LogP contribution in [0.3, 0.4) is 0 Å². The number of hydrogen-bond donors (Lipinski definition) is 0. The molecule has 334 valence electrons. The minimum Gasteiger partial charge on any atom is -0.465 e. The Hall–Kier alpha value is -4.46. The van der Waals surface area contributed by atoms with Gasteiger partial charge < -0.3 is 52.1 Å². The normalized spacial score (nSPS) is 15.9. The number of ether oxygens (including phenoxy) is 11. The highest BCUT2D eigenvalue weighted by Gasteiger charge is 2.35. The summed E-state index contributed by atoms with van der Waals surface area (Å²) in [6, 6.07) is 0. The molecular formula is C41H63NO17. The maximum absolute atomic E-state index is 13.2. The highest BCUT2D eigenvalue weighted by Crippen LogP contribution is 2.26. The summed E-state index contributed by atoms with van der Waals surface area (Å²) in [5.41, 5.74) is -2.10. The van der Waals surface area contributed by atoms with Crippen LogP contribution >= 0.6 is 0 Å². The molecule has 1 atom stereocenters. The first-order chi connectivity index (χ1) is 28.4. The quantitative estimate of drug-likeness (QED) is 0.0696. The Kier molecular flexibility index (Phi) is 28.0. The highest BCUT2D eigenvalue weighted by molar-refractivity contribution is 5.82. The second-order valence-electron chi connectivity index (χ2n) is 13.5. The lowest BCUT2D eigenvalue weighted by Crippen LogP contribution is -2.41. The first kappa shape index (κ1) is 52.6. The predicted molar refractivity (Wildman–Crippen MR) is 211 cm³/mol. The molecule has 1 aliphatic heterocycles. The van der Waals surface area contributed by atoms with Crippen molar-refractivity contribution in [2.24, 2.45) is 10.8 Å². The summed E-state index contributed by atoms with van der Waals surface area (Å²) in [5.74, 6) is -4.00. The Morgan fingerprint density at radius 3 is 1.19 bits per heavy atom. The van der Waals surface area contributed by atoms with Gasteiger partial charge in [0.05, 0.1) is 89.2 Å².